The Balaban J connectivity index is 1.63. The molecular weight excluding hydrogens is 358 g/mol. The van der Waals surface area contributed by atoms with Crippen molar-refractivity contribution in [2.45, 2.75) is 52.0 Å². The Morgan fingerprint density at radius 2 is 2.11 bits per heavy atom. The SMILES string of the molecule is CCn1nnc2cc(C(=O)Nc3sc4c(c3C#N)CCCCCC4)ccc21. The normalized spacial score (nSPS) is 14.2. The van der Waals surface area contributed by atoms with E-state index in [1.54, 1.807) is 28.2 Å². The molecule has 0 fully saturated rings. The number of aryl methyl sites for hydroxylation is 2. The highest BCUT2D eigenvalue weighted by molar-refractivity contribution is 7.16. The van der Waals surface area contributed by atoms with Gasteiger partial charge in [-0.1, -0.05) is 18.1 Å². The number of anilines is 1. The predicted molar refractivity (Wildman–Crippen MR) is 106 cm³/mol. The van der Waals surface area contributed by atoms with E-state index in [0.29, 0.717) is 21.6 Å². The first-order valence-electron chi connectivity index (χ1n) is 9.40. The molecule has 1 aromatic carbocycles. The first-order chi connectivity index (χ1) is 13.2. The van der Waals surface area contributed by atoms with Gasteiger partial charge >= 0.3 is 0 Å². The van der Waals surface area contributed by atoms with Gasteiger partial charge in [-0.25, -0.2) is 4.68 Å². The number of amides is 1. The number of rotatable bonds is 3. The van der Waals surface area contributed by atoms with E-state index < -0.39 is 0 Å². The molecule has 0 saturated heterocycles. The van der Waals surface area contributed by atoms with Gasteiger partial charge in [0.2, 0.25) is 0 Å². The zero-order valence-electron chi connectivity index (χ0n) is 15.3. The highest BCUT2D eigenvalue weighted by Crippen LogP contribution is 2.36. The Morgan fingerprint density at radius 3 is 2.89 bits per heavy atom. The third-order valence-corrected chi connectivity index (χ3v) is 6.29. The minimum absolute atomic E-state index is 0.214. The van der Waals surface area contributed by atoms with Gasteiger partial charge in [0.15, 0.2) is 0 Å². The summed E-state index contributed by atoms with van der Waals surface area (Å²) in [4.78, 5) is 14.0. The number of fused-ring (bicyclic) bond motifs is 2. The second-order valence-corrected chi connectivity index (χ2v) is 7.90. The zero-order valence-corrected chi connectivity index (χ0v) is 16.1. The topological polar surface area (TPSA) is 83.6 Å². The lowest BCUT2D eigenvalue weighted by Gasteiger charge is -2.08. The van der Waals surface area contributed by atoms with Crippen LogP contribution < -0.4 is 5.32 Å². The van der Waals surface area contributed by atoms with E-state index in [4.69, 9.17) is 0 Å². The molecule has 3 aromatic rings. The lowest BCUT2D eigenvalue weighted by atomic mass is 9.97. The summed E-state index contributed by atoms with van der Waals surface area (Å²) >= 11 is 1.56. The summed E-state index contributed by atoms with van der Waals surface area (Å²) in [7, 11) is 0. The quantitative estimate of drug-likeness (QED) is 0.735. The average Bonchev–Trinajstić information content (AvgIpc) is 3.21. The third-order valence-electron chi connectivity index (χ3n) is 5.09. The van der Waals surface area contributed by atoms with Gasteiger partial charge in [-0.2, -0.15) is 5.26 Å². The first-order valence-corrected chi connectivity index (χ1v) is 10.2. The van der Waals surface area contributed by atoms with Crippen molar-refractivity contribution >= 4 is 33.3 Å². The van der Waals surface area contributed by atoms with Crippen molar-refractivity contribution in [2.75, 3.05) is 5.32 Å². The molecule has 6 nitrogen and oxygen atoms in total. The monoisotopic (exact) mass is 379 g/mol. The van der Waals surface area contributed by atoms with E-state index in [1.807, 2.05) is 13.0 Å². The van der Waals surface area contributed by atoms with Crippen LogP contribution in [0.3, 0.4) is 0 Å². The van der Waals surface area contributed by atoms with Crippen LogP contribution in [0.2, 0.25) is 0 Å². The van der Waals surface area contributed by atoms with Gasteiger partial charge in [-0.15, -0.1) is 16.4 Å². The van der Waals surface area contributed by atoms with Crippen molar-refractivity contribution in [3.05, 3.63) is 39.8 Å². The molecule has 0 radical (unpaired) electrons. The number of nitrogens with one attached hydrogen (secondary N) is 1. The van der Waals surface area contributed by atoms with Crippen LogP contribution >= 0.6 is 11.3 Å². The van der Waals surface area contributed by atoms with Crippen LogP contribution in [0.1, 0.15) is 59.0 Å². The van der Waals surface area contributed by atoms with Crippen LogP contribution in [0.25, 0.3) is 11.0 Å². The molecule has 0 bridgehead atoms. The van der Waals surface area contributed by atoms with Gasteiger partial charge in [0, 0.05) is 17.0 Å². The fourth-order valence-corrected chi connectivity index (χ4v) is 4.88. The maximum Gasteiger partial charge on any atom is 0.256 e. The van der Waals surface area contributed by atoms with E-state index in [2.05, 4.69) is 21.7 Å². The minimum atomic E-state index is -0.214. The molecule has 27 heavy (non-hydrogen) atoms. The van der Waals surface area contributed by atoms with E-state index >= 15 is 0 Å². The summed E-state index contributed by atoms with van der Waals surface area (Å²) in [5.74, 6) is -0.214. The van der Waals surface area contributed by atoms with Crippen LogP contribution in [-0.4, -0.2) is 20.9 Å². The highest BCUT2D eigenvalue weighted by atomic mass is 32.1. The molecule has 4 rings (SSSR count). The van der Waals surface area contributed by atoms with Crippen molar-refractivity contribution in [3.8, 4) is 6.07 Å². The molecule has 2 aromatic heterocycles. The van der Waals surface area contributed by atoms with Gasteiger partial charge in [-0.3, -0.25) is 4.79 Å². The summed E-state index contributed by atoms with van der Waals surface area (Å²) in [5.41, 5.74) is 3.91. The Kier molecular flexibility index (Phi) is 4.90. The molecule has 1 N–H and O–H groups in total. The maximum atomic E-state index is 12.8. The Hall–Kier alpha value is -2.72. The molecule has 7 heteroatoms. The molecule has 0 saturated carbocycles. The lowest BCUT2D eigenvalue weighted by molar-refractivity contribution is 0.102. The summed E-state index contributed by atoms with van der Waals surface area (Å²) in [6.45, 7) is 2.73. The minimum Gasteiger partial charge on any atom is -0.312 e. The second kappa shape index (κ2) is 7.49. The van der Waals surface area contributed by atoms with Crippen LogP contribution in [0, 0.1) is 11.3 Å². The van der Waals surface area contributed by atoms with Crippen molar-refractivity contribution in [1.82, 2.24) is 15.0 Å². The van der Waals surface area contributed by atoms with Gasteiger partial charge in [-0.05, 0) is 56.4 Å². The van der Waals surface area contributed by atoms with Crippen LogP contribution in [0.4, 0.5) is 5.00 Å². The number of carbonyl (C=O) groups is 1. The predicted octanol–water partition coefficient (Wildman–Crippen LogP) is 4.30. The van der Waals surface area contributed by atoms with E-state index in [0.717, 1.165) is 43.3 Å². The number of carbonyl (C=O) groups excluding carboxylic acids is 1. The number of aromatic nitrogens is 3. The summed E-state index contributed by atoms with van der Waals surface area (Å²) in [5, 5.41) is 21.5. The number of nitriles is 1. The van der Waals surface area contributed by atoms with Crippen LogP contribution in [0.5, 0.6) is 0 Å². The van der Waals surface area contributed by atoms with Crippen molar-refractivity contribution in [1.29, 1.82) is 5.26 Å². The summed E-state index contributed by atoms with van der Waals surface area (Å²) in [6.07, 6.45) is 6.62. The Labute approximate surface area is 161 Å². The fourth-order valence-electron chi connectivity index (χ4n) is 3.65. The van der Waals surface area contributed by atoms with Crippen LogP contribution in [0.15, 0.2) is 18.2 Å². The van der Waals surface area contributed by atoms with E-state index in [9.17, 15) is 10.1 Å². The van der Waals surface area contributed by atoms with Crippen molar-refractivity contribution in [2.24, 2.45) is 0 Å². The zero-order chi connectivity index (χ0) is 18.8. The number of hydrogen-bond donors (Lipinski definition) is 1. The summed E-state index contributed by atoms with van der Waals surface area (Å²) < 4.78 is 1.80. The molecule has 0 aliphatic heterocycles. The van der Waals surface area contributed by atoms with Crippen molar-refractivity contribution < 1.29 is 4.79 Å². The smallest absolute Gasteiger partial charge is 0.256 e. The second-order valence-electron chi connectivity index (χ2n) is 6.80. The number of nitrogens with zero attached hydrogens (tertiary/aromatic N) is 4. The van der Waals surface area contributed by atoms with Gasteiger partial charge in [0.1, 0.15) is 16.6 Å². The lowest BCUT2D eigenvalue weighted by Crippen LogP contribution is -2.11. The molecule has 1 aliphatic carbocycles. The average molecular weight is 379 g/mol. The van der Waals surface area contributed by atoms with Crippen LogP contribution in [-0.2, 0) is 19.4 Å². The standard InChI is InChI=1S/C20H21N5OS/c1-2-25-17-10-9-13(11-16(17)23-24-25)19(26)22-20-15(12-21)14-7-5-3-4-6-8-18(14)27-20/h9-11H,2-8H2,1H3,(H,22,26). The Morgan fingerprint density at radius 1 is 1.30 bits per heavy atom. The number of hydrogen-bond acceptors (Lipinski definition) is 5. The summed E-state index contributed by atoms with van der Waals surface area (Å²) in [6, 6.07) is 7.72. The third kappa shape index (κ3) is 3.33. The highest BCUT2D eigenvalue weighted by Gasteiger charge is 2.21. The fraction of sp³-hybridized carbons (Fsp3) is 0.400. The van der Waals surface area contributed by atoms with Gasteiger partial charge in [0.05, 0.1) is 11.1 Å². The Bertz CT molecular complexity index is 1040. The van der Waals surface area contributed by atoms with Crippen molar-refractivity contribution in [3.63, 3.8) is 0 Å². The molecule has 1 aliphatic rings. The molecule has 2 heterocycles. The van der Waals surface area contributed by atoms with Gasteiger partial charge < -0.3 is 5.32 Å². The molecule has 0 atom stereocenters. The van der Waals surface area contributed by atoms with E-state index in [1.165, 1.54) is 17.7 Å². The molecule has 138 valence electrons. The first kappa shape index (κ1) is 17.7. The number of thiophene rings is 1. The van der Waals surface area contributed by atoms with Gasteiger partial charge in [0.25, 0.3) is 5.91 Å². The molecular formula is C20H21N5OS. The molecule has 0 spiro atoms. The number of benzene rings is 1. The molecule has 1 amide bonds. The largest absolute Gasteiger partial charge is 0.312 e. The van der Waals surface area contributed by atoms with E-state index in [-0.39, 0.29) is 5.91 Å². The molecule has 0 unspecified atom stereocenters. The maximum absolute atomic E-state index is 12.8.